The largest absolute Gasteiger partial charge is 0.374 e. The Morgan fingerprint density at radius 1 is 1.45 bits per heavy atom. The Labute approximate surface area is 66.0 Å². The summed E-state index contributed by atoms with van der Waals surface area (Å²) in [6.45, 7) is 3.89. The summed E-state index contributed by atoms with van der Waals surface area (Å²) < 4.78 is 0. The molecule has 0 atom stereocenters. The molecule has 0 radical (unpaired) electrons. The predicted molar refractivity (Wildman–Crippen MR) is 44.5 cm³/mol. The Kier molecular flexibility index (Phi) is 1.86. The Morgan fingerprint density at radius 3 is 2.45 bits per heavy atom. The van der Waals surface area contributed by atoms with Crippen molar-refractivity contribution < 1.29 is 0 Å². The first-order chi connectivity index (χ1) is 5.20. The van der Waals surface area contributed by atoms with Gasteiger partial charge in [-0.15, -0.1) is 0 Å². The van der Waals surface area contributed by atoms with Gasteiger partial charge in [-0.1, -0.05) is 0 Å². The maximum absolute atomic E-state index is 8.73. The van der Waals surface area contributed by atoms with Crippen molar-refractivity contribution in [1.82, 2.24) is 4.98 Å². The number of aromatic nitrogens is 1. The molecule has 3 nitrogen and oxygen atoms in total. The zero-order chi connectivity index (χ0) is 8.43. The second-order valence-corrected chi connectivity index (χ2v) is 2.49. The molecule has 11 heavy (non-hydrogen) atoms. The van der Waals surface area contributed by atoms with Gasteiger partial charge in [-0.25, -0.2) is 0 Å². The number of aromatic amines is 1. The van der Waals surface area contributed by atoms with Crippen LogP contribution in [0.5, 0.6) is 0 Å². The monoisotopic (exact) mass is 149 g/mol. The molecular weight excluding hydrogens is 138 g/mol. The lowest BCUT2D eigenvalue weighted by Crippen LogP contribution is -1.90. The third-order valence-electron chi connectivity index (χ3n) is 1.86. The molecule has 0 aliphatic heterocycles. The summed E-state index contributed by atoms with van der Waals surface area (Å²) in [6, 6.07) is 2.14. The zero-order valence-electron chi connectivity index (χ0n) is 6.95. The number of nitrogens with zero attached hydrogens (tertiary/aromatic N) is 1. The van der Waals surface area contributed by atoms with E-state index < -0.39 is 0 Å². The molecule has 1 heterocycles. The topological polar surface area (TPSA) is 51.6 Å². The summed E-state index contributed by atoms with van der Waals surface area (Å²) in [7, 11) is 1.80. The van der Waals surface area contributed by atoms with Crippen molar-refractivity contribution >= 4 is 5.82 Å². The molecule has 3 heteroatoms. The molecular formula is C8H11N3. The Bertz CT molecular complexity index is 304. The molecule has 1 aromatic heterocycles. The van der Waals surface area contributed by atoms with Crippen LogP contribution in [-0.2, 0) is 0 Å². The van der Waals surface area contributed by atoms with Crippen LogP contribution in [0.4, 0.5) is 5.82 Å². The van der Waals surface area contributed by atoms with Gasteiger partial charge in [-0.3, -0.25) is 0 Å². The van der Waals surface area contributed by atoms with E-state index in [9.17, 15) is 0 Å². The minimum absolute atomic E-state index is 0.713. The highest BCUT2D eigenvalue weighted by atomic mass is 15.0. The fourth-order valence-electron chi connectivity index (χ4n) is 1.05. The van der Waals surface area contributed by atoms with Gasteiger partial charge in [0, 0.05) is 12.7 Å². The van der Waals surface area contributed by atoms with E-state index in [1.807, 2.05) is 13.8 Å². The molecule has 1 aromatic rings. The number of nitriles is 1. The second-order valence-electron chi connectivity index (χ2n) is 2.49. The van der Waals surface area contributed by atoms with Crippen LogP contribution < -0.4 is 5.32 Å². The maximum Gasteiger partial charge on any atom is 0.121 e. The summed E-state index contributed by atoms with van der Waals surface area (Å²) >= 11 is 0. The highest BCUT2D eigenvalue weighted by Gasteiger charge is 2.08. The lowest BCUT2D eigenvalue weighted by Gasteiger charge is -1.93. The average Bonchev–Trinajstić information content (AvgIpc) is 2.28. The maximum atomic E-state index is 8.73. The van der Waals surface area contributed by atoms with E-state index in [4.69, 9.17) is 5.26 Å². The number of anilines is 1. The summed E-state index contributed by atoms with van der Waals surface area (Å²) in [4.78, 5) is 3.08. The summed E-state index contributed by atoms with van der Waals surface area (Å²) in [5.41, 5.74) is 2.78. The van der Waals surface area contributed by atoms with Gasteiger partial charge in [0.15, 0.2) is 0 Å². The molecule has 0 aliphatic rings. The van der Waals surface area contributed by atoms with Crippen LogP contribution in [0.3, 0.4) is 0 Å². The number of rotatable bonds is 1. The van der Waals surface area contributed by atoms with Crippen molar-refractivity contribution in [1.29, 1.82) is 5.26 Å². The first kappa shape index (κ1) is 7.67. The van der Waals surface area contributed by atoms with Crippen molar-refractivity contribution in [3.05, 3.63) is 16.8 Å². The minimum atomic E-state index is 0.713. The van der Waals surface area contributed by atoms with Gasteiger partial charge in [0.1, 0.15) is 11.9 Å². The Morgan fingerprint density at radius 2 is 2.09 bits per heavy atom. The standard InChI is InChI=1S/C8H11N3/c1-5-6(2)11-8(10-3)7(5)4-9/h10-11H,1-3H3. The van der Waals surface area contributed by atoms with Gasteiger partial charge >= 0.3 is 0 Å². The number of H-pyrrole nitrogens is 1. The number of aryl methyl sites for hydroxylation is 1. The highest BCUT2D eigenvalue weighted by molar-refractivity contribution is 5.58. The van der Waals surface area contributed by atoms with Gasteiger partial charge in [0.25, 0.3) is 0 Å². The van der Waals surface area contributed by atoms with Crippen LogP contribution in [0.25, 0.3) is 0 Å². The Hall–Kier alpha value is -1.43. The quantitative estimate of drug-likeness (QED) is 0.636. The highest BCUT2D eigenvalue weighted by Crippen LogP contribution is 2.19. The molecule has 2 N–H and O–H groups in total. The van der Waals surface area contributed by atoms with Crippen LogP contribution in [-0.4, -0.2) is 12.0 Å². The van der Waals surface area contributed by atoms with E-state index in [0.717, 1.165) is 17.1 Å². The Balaban J connectivity index is 3.29. The number of hydrogen-bond donors (Lipinski definition) is 2. The average molecular weight is 149 g/mol. The third kappa shape index (κ3) is 1.07. The number of nitrogens with one attached hydrogen (secondary N) is 2. The predicted octanol–water partition coefficient (Wildman–Crippen LogP) is 1.54. The van der Waals surface area contributed by atoms with E-state index in [1.54, 1.807) is 7.05 Å². The molecule has 0 saturated carbocycles. The summed E-state index contributed by atoms with van der Waals surface area (Å²) in [5, 5.41) is 11.7. The van der Waals surface area contributed by atoms with Gasteiger partial charge in [0.05, 0.1) is 5.56 Å². The van der Waals surface area contributed by atoms with E-state index in [-0.39, 0.29) is 0 Å². The van der Waals surface area contributed by atoms with E-state index in [2.05, 4.69) is 16.4 Å². The van der Waals surface area contributed by atoms with Crippen molar-refractivity contribution in [3.63, 3.8) is 0 Å². The van der Waals surface area contributed by atoms with Gasteiger partial charge in [-0.2, -0.15) is 5.26 Å². The second kappa shape index (κ2) is 2.67. The molecule has 1 rings (SSSR count). The fraction of sp³-hybridized carbons (Fsp3) is 0.375. The molecule has 0 unspecified atom stereocenters. The SMILES string of the molecule is CNc1[nH]c(C)c(C)c1C#N. The van der Waals surface area contributed by atoms with Crippen molar-refractivity contribution in [2.24, 2.45) is 0 Å². The summed E-state index contributed by atoms with van der Waals surface area (Å²) in [6.07, 6.45) is 0. The normalized spacial score (nSPS) is 9.27. The van der Waals surface area contributed by atoms with Gasteiger partial charge in [-0.05, 0) is 19.4 Å². The molecule has 0 bridgehead atoms. The molecule has 0 aromatic carbocycles. The van der Waals surface area contributed by atoms with Crippen molar-refractivity contribution in [2.45, 2.75) is 13.8 Å². The van der Waals surface area contributed by atoms with Crippen molar-refractivity contribution in [3.8, 4) is 6.07 Å². The first-order valence-electron chi connectivity index (χ1n) is 3.47. The van der Waals surface area contributed by atoms with Crippen LogP contribution in [0.1, 0.15) is 16.8 Å². The number of hydrogen-bond acceptors (Lipinski definition) is 2. The fourth-order valence-corrected chi connectivity index (χ4v) is 1.05. The first-order valence-corrected chi connectivity index (χ1v) is 3.47. The molecule has 0 spiro atoms. The lowest BCUT2D eigenvalue weighted by molar-refractivity contribution is 1.22. The van der Waals surface area contributed by atoms with Crippen LogP contribution in [0, 0.1) is 25.2 Å². The molecule has 0 saturated heterocycles. The van der Waals surface area contributed by atoms with Crippen LogP contribution >= 0.6 is 0 Å². The molecule has 0 fully saturated rings. The van der Waals surface area contributed by atoms with E-state index in [1.165, 1.54) is 0 Å². The molecule has 0 amide bonds. The van der Waals surface area contributed by atoms with E-state index >= 15 is 0 Å². The van der Waals surface area contributed by atoms with Gasteiger partial charge in [0.2, 0.25) is 0 Å². The van der Waals surface area contributed by atoms with E-state index in [0.29, 0.717) is 5.56 Å². The van der Waals surface area contributed by atoms with Crippen LogP contribution in [0.15, 0.2) is 0 Å². The minimum Gasteiger partial charge on any atom is -0.374 e. The lowest BCUT2D eigenvalue weighted by atomic mass is 10.2. The van der Waals surface area contributed by atoms with Gasteiger partial charge < -0.3 is 10.3 Å². The third-order valence-corrected chi connectivity index (χ3v) is 1.86. The summed E-state index contributed by atoms with van der Waals surface area (Å²) in [5.74, 6) is 0.808. The molecule has 0 aliphatic carbocycles. The zero-order valence-corrected chi connectivity index (χ0v) is 6.95. The van der Waals surface area contributed by atoms with Crippen molar-refractivity contribution in [2.75, 3.05) is 12.4 Å². The smallest absolute Gasteiger partial charge is 0.121 e. The molecule has 58 valence electrons. The van der Waals surface area contributed by atoms with Crippen LogP contribution in [0.2, 0.25) is 0 Å².